The number of aliphatic hydroxyl groups excluding tert-OH is 1. The quantitative estimate of drug-likeness (QED) is 0.217. The lowest BCUT2D eigenvalue weighted by atomic mass is 10.1. The van der Waals surface area contributed by atoms with Gasteiger partial charge in [0.1, 0.15) is 17.5 Å². The van der Waals surface area contributed by atoms with Crippen molar-refractivity contribution in [3.05, 3.63) is 47.4 Å². The second kappa shape index (κ2) is 11.4. The first-order chi connectivity index (χ1) is 15.6. The topological polar surface area (TPSA) is 122 Å². The summed E-state index contributed by atoms with van der Waals surface area (Å²) in [6.45, 7) is 1.86. The van der Waals surface area contributed by atoms with Crippen molar-refractivity contribution in [2.24, 2.45) is 4.99 Å². The maximum atomic E-state index is 14.5. The Morgan fingerprint density at radius 2 is 2.03 bits per heavy atom. The van der Waals surface area contributed by atoms with E-state index in [1.165, 1.54) is 19.2 Å². The Hall–Kier alpha value is -3.54. The lowest BCUT2D eigenvalue weighted by molar-refractivity contribution is -0.137. The van der Waals surface area contributed by atoms with Crippen molar-refractivity contribution >= 4 is 34.6 Å². The molecule has 0 saturated carbocycles. The molecule has 0 bridgehead atoms. The van der Waals surface area contributed by atoms with Crippen LogP contribution in [0.25, 0.3) is 0 Å². The molecule has 1 aromatic heterocycles. The number of amidine groups is 1. The van der Waals surface area contributed by atoms with Crippen LogP contribution < -0.4 is 16.0 Å². The summed E-state index contributed by atoms with van der Waals surface area (Å²) in [5, 5.41) is 24.3. The predicted octanol–water partition coefficient (Wildman–Crippen LogP) is 3.97. The van der Waals surface area contributed by atoms with Crippen LogP contribution in [0.4, 0.5) is 34.8 Å². The van der Waals surface area contributed by atoms with Gasteiger partial charge in [-0.15, -0.1) is 0 Å². The summed E-state index contributed by atoms with van der Waals surface area (Å²) in [6, 6.07) is 4.58. The minimum Gasteiger partial charge on any atom is -0.396 e. The van der Waals surface area contributed by atoms with Crippen LogP contribution in [0.2, 0.25) is 0 Å². The van der Waals surface area contributed by atoms with E-state index in [2.05, 4.69) is 25.9 Å². The number of nitrogens with zero attached hydrogens (tertiary/aromatic N) is 2. The summed E-state index contributed by atoms with van der Waals surface area (Å²) >= 11 is 0. The third-order valence-electron chi connectivity index (χ3n) is 4.37. The highest BCUT2D eigenvalue weighted by molar-refractivity contribution is 6.08. The highest BCUT2D eigenvalue weighted by Gasteiger charge is 2.35. The molecule has 0 atom stereocenters. The van der Waals surface area contributed by atoms with Crippen molar-refractivity contribution in [1.82, 2.24) is 10.3 Å². The number of aliphatic imine (C=N–C) groups is 1. The second-order valence-electron chi connectivity index (χ2n) is 6.78. The van der Waals surface area contributed by atoms with Gasteiger partial charge in [0.15, 0.2) is 0 Å². The van der Waals surface area contributed by atoms with Crippen LogP contribution in [0.5, 0.6) is 0 Å². The van der Waals surface area contributed by atoms with Gasteiger partial charge in [0.25, 0.3) is 5.91 Å². The lowest BCUT2D eigenvalue weighted by Gasteiger charge is -2.18. The number of hydrogen-bond acceptors (Lipinski definition) is 6. The van der Waals surface area contributed by atoms with Gasteiger partial charge in [-0.1, -0.05) is 6.07 Å². The standard InChI is InChI=1S/C21H24F4N6O2/c1-3-28-17(9-12(26)7-8-32)31-18-10-16(14(11-29-18)21(23,24)25)30-19-13(20(33)27-2)5-4-6-15(19)22/h4-6,10-11,26,32H,3,7-9H2,1-2H3,(H,27,33)(H2,28,29,30,31). The Bertz CT molecular complexity index is 1040. The molecule has 12 heteroatoms. The summed E-state index contributed by atoms with van der Waals surface area (Å²) in [5.74, 6) is -1.36. The van der Waals surface area contributed by atoms with E-state index in [0.717, 1.165) is 12.1 Å². The van der Waals surface area contributed by atoms with Crippen molar-refractivity contribution in [3.63, 3.8) is 0 Å². The lowest BCUT2D eigenvalue weighted by Crippen LogP contribution is -2.21. The Morgan fingerprint density at radius 3 is 2.64 bits per heavy atom. The van der Waals surface area contributed by atoms with Gasteiger partial charge in [-0.2, -0.15) is 13.2 Å². The molecule has 8 nitrogen and oxygen atoms in total. The van der Waals surface area contributed by atoms with Crippen molar-refractivity contribution < 1.29 is 27.5 Å². The molecule has 0 fully saturated rings. The maximum absolute atomic E-state index is 14.5. The number of pyridine rings is 1. The fraction of sp³-hybridized carbons (Fsp3) is 0.333. The average molecular weight is 468 g/mol. The number of nitrogens with one attached hydrogen (secondary N) is 4. The number of benzene rings is 1. The van der Waals surface area contributed by atoms with Gasteiger partial charge in [0.05, 0.1) is 22.5 Å². The molecule has 33 heavy (non-hydrogen) atoms. The van der Waals surface area contributed by atoms with Crippen LogP contribution in [0, 0.1) is 11.2 Å². The molecule has 0 radical (unpaired) electrons. The van der Waals surface area contributed by atoms with E-state index in [-0.39, 0.29) is 42.4 Å². The number of amides is 1. The van der Waals surface area contributed by atoms with E-state index >= 15 is 0 Å². The van der Waals surface area contributed by atoms with Crippen LogP contribution in [-0.4, -0.2) is 47.7 Å². The number of carbonyl (C=O) groups excluding carboxylic acids is 1. The molecule has 1 heterocycles. The minimum absolute atomic E-state index is 0.0349. The molecule has 2 aromatic rings. The van der Waals surface area contributed by atoms with Crippen molar-refractivity contribution in [2.45, 2.75) is 25.9 Å². The van der Waals surface area contributed by atoms with Gasteiger partial charge in [-0.25, -0.2) is 9.37 Å². The van der Waals surface area contributed by atoms with E-state index in [1.807, 2.05) is 0 Å². The van der Waals surface area contributed by atoms with Crippen LogP contribution in [0.1, 0.15) is 35.7 Å². The summed E-state index contributed by atoms with van der Waals surface area (Å²) < 4.78 is 55.3. The molecule has 1 aromatic carbocycles. The van der Waals surface area contributed by atoms with E-state index < -0.39 is 34.8 Å². The largest absolute Gasteiger partial charge is 0.419 e. The first-order valence-electron chi connectivity index (χ1n) is 9.93. The Balaban J connectivity index is 2.48. The van der Waals surface area contributed by atoms with Gasteiger partial charge in [-0.3, -0.25) is 9.79 Å². The zero-order valence-corrected chi connectivity index (χ0v) is 18.0. The molecule has 178 valence electrons. The van der Waals surface area contributed by atoms with Crippen LogP contribution in [0.15, 0.2) is 35.5 Å². The van der Waals surface area contributed by atoms with Crippen molar-refractivity contribution in [2.75, 3.05) is 30.8 Å². The number of alkyl halides is 3. The second-order valence-corrected chi connectivity index (χ2v) is 6.78. The molecule has 0 aliphatic rings. The molecule has 0 aliphatic heterocycles. The molecule has 0 aliphatic carbocycles. The van der Waals surface area contributed by atoms with Crippen molar-refractivity contribution in [3.8, 4) is 0 Å². The molecular weight excluding hydrogens is 444 g/mol. The number of carbonyl (C=O) groups is 1. The van der Waals surface area contributed by atoms with Gasteiger partial charge >= 0.3 is 6.18 Å². The summed E-state index contributed by atoms with van der Waals surface area (Å²) in [5.41, 5.74) is -2.13. The Morgan fingerprint density at radius 1 is 1.30 bits per heavy atom. The number of rotatable bonds is 9. The molecule has 0 spiro atoms. The zero-order valence-electron chi connectivity index (χ0n) is 18.0. The normalized spacial score (nSPS) is 11.8. The van der Waals surface area contributed by atoms with E-state index in [9.17, 15) is 22.4 Å². The predicted molar refractivity (Wildman–Crippen MR) is 118 cm³/mol. The van der Waals surface area contributed by atoms with Gasteiger partial charge in [0.2, 0.25) is 0 Å². The van der Waals surface area contributed by atoms with Crippen LogP contribution in [0.3, 0.4) is 0 Å². The molecule has 1 amide bonds. The first-order valence-corrected chi connectivity index (χ1v) is 9.93. The van der Waals surface area contributed by atoms with E-state index in [4.69, 9.17) is 10.5 Å². The molecular formula is C21H24F4N6O2. The van der Waals surface area contributed by atoms with Crippen molar-refractivity contribution in [1.29, 1.82) is 5.41 Å². The highest BCUT2D eigenvalue weighted by Crippen LogP contribution is 2.37. The SMILES string of the molecule is CCN=C(CC(=N)CCO)Nc1cc(Nc2c(F)cccc2C(=O)NC)c(C(F)(F)F)cn1. The van der Waals surface area contributed by atoms with Gasteiger partial charge in [-0.05, 0) is 19.1 Å². The smallest absolute Gasteiger partial charge is 0.396 e. The van der Waals surface area contributed by atoms with E-state index in [1.54, 1.807) is 6.92 Å². The zero-order chi connectivity index (χ0) is 24.6. The summed E-state index contributed by atoms with van der Waals surface area (Å²) in [6.07, 6.45) is -4.08. The first kappa shape index (κ1) is 25.7. The number of para-hydroxylation sites is 1. The number of aromatic nitrogens is 1. The molecule has 5 N–H and O–H groups in total. The molecule has 0 saturated heterocycles. The molecule has 2 rings (SSSR count). The molecule has 0 unspecified atom stereocenters. The third-order valence-corrected chi connectivity index (χ3v) is 4.37. The number of anilines is 3. The number of halogens is 4. The van der Waals surface area contributed by atoms with Crippen LogP contribution >= 0.6 is 0 Å². The average Bonchev–Trinajstić information content (AvgIpc) is 2.74. The fourth-order valence-corrected chi connectivity index (χ4v) is 2.87. The number of hydrogen-bond donors (Lipinski definition) is 5. The van der Waals surface area contributed by atoms with Gasteiger partial charge in [0, 0.05) is 51.0 Å². The fourth-order valence-electron chi connectivity index (χ4n) is 2.87. The van der Waals surface area contributed by atoms with Crippen LogP contribution in [-0.2, 0) is 6.18 Å². The van der Waals surface area contributed by atoms with E-state index in [0.29, 0.717) is 12.7 Å². The minimum atomic E-state index is -4.81. The monoisotopic (exact) mass is 468 g/mol. The summed E-state index contributed by atoms with van der Waals surface area (Å²) in [4.78, 5) is 20.0. The maximum Gasteiger partial charge on any atom is 0.419 e. The number of aliphatic hydroxyl groups is 1. The Labute approximate surface area is 187 Å². The highest BCUT2D eigenvalue weighted by atomic mass is 19.4. The third kappa shape index (κ3) is 6.97. The Kier molecular flexibility index (Phi) is 8.85. The van der Waals surface area contributed by atoms with Gasteiger partial charge < -0.3 is 26.5 Å². The summed E-state index contributed by atoms with van der Waals surface area (Å²) in [7, 11) is 1.32.